The van der Waals surface area contributed by atoms with Crippen LogP contribution in [0.25, 0.3) is 10.9 Å². The van der Waals surface area contributed by atoms with E-state index in [0.29, 0.717) is 17.2 Å². The molecule has 0 aliphatic heterocycles. The molecule has 7 heteroatoms. The van der Waals surface area contributed by atoms with Gasteiger partial charge in [0.15, 0.2) is 0 Å². The lowest BCUT2D eigenvalue weighted by atomic mass is 9.95. The molecule has 4 rings (SSSR count). The average molecular weight is 457 g/mol. The number of nitrogens with one attached hydrogen (secondary N) is 2. The van der Waals surface area contributed by atoms with Crippen molar-refractivity contribution in [3.63, 3.8) is 0 Å². The zero-order valence-corrected chi connectivity index (χ0v) is 18.3. The fraction of sp³-hybridized carbons (Fsp3) is 0.409. The van der Waals surface area contributed by atoms with E-state index >= 15 is 0 Å². The summed E-state index contributed by atoms with van der Waals surface area (Å²) >= 11 is 3.55. The van der Waals surface area contributed by atoms with Crippen molar-refractivity contribution in [1.82, 2.24) is 20.1 Å². The minimum Gasteiger partial charge on any atom is -0.348 e. The van der Waals surface area contributed by atoms with Gasteiger partial charge in [0, 0.05) is 27.7 Å². The van der Waals surface area contributed by atoms with Crippen LogP contribution in [-0.4, -0.2) is 20.7 Å². The molecule has 29 heavy (non-hydrogen) atoms. The molecule has 1 aliphatic rings. The summed E-state index contributed by atoms with van der Waals surface area (Å²) in [6.45, 7) is 3.92. The first-order chi connectivity index (χ1) is 13.9. The van der Waals surface area contributed by atoms with Gasteiger partial charge in [-0.15, -0.1) is 0 Å². The number of aromatic nitrogens is 3. The van der Waals surface area contributed by atoms with E-state index in [0.717, 1.165) is 39.5 Å². The zero-order valence-electron chi connectivity index (χ0n) is 16.7. The van der Waals surface area contributed by atoms with Crippen LogP contribution in [0.4, 0.5) is 0 Å². The number of pyridine rings is 1. The maximum absolute atomic E-state index is 13.0. The molecule has 0 unspecified atom stereocenters. The zero-order chi connectivity index (χ0) is 20.5. The summed E-state index contributed by atoms with van der Waals surface area (Å²) in [6.07, 6.45) is 7.76. The highest BCUT2D eigenvalue weighted by Gasteiger charge is 2.21. The third-order valence-electron chi connectivity index (χ3n) is 5.77. The molecular formula is C22H25BrN4O2. The summed E-state index contributed by atoms with van der Waals surface area (Å²) in [5, 5.41) is 8.37. The van der Waals surface area contributed by atoms with Crippen molar-refractivity contribution in [3.05, 3.63) is 61.6 Å². The highest BCUT2D eigenvalue weighted by Crippen LogP contribution is 2.32. The number of carbonyl (C=O) groups excluding carboxylic acids is 1. The maximum Gasteiger partial charge on any atom is 0.253 e. The largest absolute Gasteiger partial charge is 0.348 e. The van der Waals surface area contributed by atoms with E-state index in [9.17, 15) is 9.59 Å². The number of aromatic amines is 1. The normalized spacial score (nSPS) is 15.0. The number of rotatable bonds is 4. The third kappa shape index (κ3) is 4.01. The topological polar surface area (TPSA) is 79.8 Å². The molecule has 1 amide bonds. The standard InChI is InChI=1S/C22H25BrN4O2/c1-13-8-14(2)26-22(29)18(13)11-24-21(28)17-9-15(23)10-20-19(17)12-25-27(20)16-6-4-3-5-7-16/h8-10,12,16H,3-7,11H2,1-2H3,(H,24,28)(H,26,29). The Labute approximate surface area is 177 Å². The van der Waals surface area contributed by atoms with E-state index in [-0.39, 0.29) is 18.0 Å². The molecule has 152 valence electrons. The van der Waals surface area contributed by atoms with Gasteiger partial charge in [-0.25, -0.2) is 0 Å². The Balaban J connectivity index is 1.63. The van der Waals surface area contributed by atoms with Gasteiger partial charge in [-0.1, -0.05) is 35.2 Å². The highest BCUT2D eigenvalue weighted by molar-refractivity contribution is 9.10. The van der Waals surface area contributed by atoms with E-state index in [1.807, 2.05) is 32.0 Å². The van der Waals surface area contributed by atoms with Crippen molar-refractivity contribution in [2.75, 3.05) is 0 Å². The van der Waals surface area contributed by atoms with Crippen LogP contribution in [-0.2, 0) is 6.54 Å². The minimum absolute atomic E-state index is 0.160. The second-order valence-electron chi connectivity index (χ2n) is 7.89. The first-order valence-electron chi connectivity index (χ1n) is 10.1. The van der Waals surface area contributed by atoms with Crippen molar-refractivity contribution in [1.29, 1.82) is 0 Å². The fourth-order valence-corrected chi connectivity index (χ4v) is 4.73. The molecule has 2 heterocycles. The molecule has 1 aromatic carbocycles. The summed E-state index contributed by atoms with van der Waals surface area (Å²) in [4.78, 5) is 28.0. The van der Waals surface area contributed by atoms with Gasteiger partial charge in [0.2, 0.25) is 0 Å². The van der Waals surface area contributed by atoms with Gasteiger partial charge in [0.25, 0.3) is 11.5 Å². The van der Waals surface area contributed by atoms with Gasteiger partial charge in [-0.2, -0.15) is 5.10 Å². The number of halogens is 1. The van der Waals surface area contributed by atoms with Crippen LogP contribution < -0.4 is 10.9 Å². The molecule has 1 aliphatic carbocycles. The van der Waals surface area contributed by atoms with Crippen LogP contribution in [0.1, 0.15) is 65.3 Å². The first-order valence-corrected chi connectivity index (χ1v) is 10.9. The molecule has 1 saturated carbocycles. The Morgan fingerprint density at radius 3 is 2.72 bits per heavy atom. The molecule has 0 atom stereocenters. The SMILES string of the molecule is Cc1cc(C)c(CNC(=O)c2cc(Br)cc3c2cnn3C2CCCCC2)c(=O)[nH]1. The molecule has 6 nitrogen and oxygen atoms in total. The van der Waals surface area contributed by atoms with E-state index in [4.69, 9.17) is 0 Å². The number of hydrogen-bond donors (Lipinski definition) is 2. The molecule has 0 spiro atoms. The lowest BCUT2D eigenvalue weighted by molar-refractivity contribution is 0.0952. The van der Waals surface area contributed by atoms with E-state index in [1.165, 1.54) is 19.3 Å². The molecular weight excluding hydrogens is 432 g/mol. The number of aryl methyl sites for hydroxylation is 2. The van der Waals surface area contributed by atoms with Crippen LogP contribution in [0.5, 0.6) is 0 Å². The van der Waals surface area contributed by atoms with Gasteiger partial charge in [0.1, 0.15) is 0 Å². The Morgan fingerprint density at radius 2 is 2.00 bits per heavy atom. The minimum atomic E-state index is -0.209. The van der Waals surface area contributed by atoms with Crippen molar-refractivity contribution in [2.45, 2.75) is 58.5 Å². The molecule has 0 saturated heterocycles. The van der Waals surface area contributed by atoms with E-state index in [1.54, 1.807) is 6.20 Å². The van der Waals surface area contributed by atoms with Crippen LogP contribution in [0.3, 0.4) is 0 Å². The number of nitrogens with zero attached hydrogens (tertiary/aromatic N) is 2. The van der Waals surface area contributed by atoms with E-state index in [2.05, 4.69) is 36.0 Å². The lowest BCUT2D eigenvalue weighted by Gasteiger charge is -2.23. The van der Waals surface area contributed by atoms with Gasteiger partial charge in [-0.3, -0.25) is 14.3 Å². The summed E-state index contributed by atoms with van der Waals surface area (Å²) in [6, 6.07) is 6.15. The first kappa shape index (κ1) is 19.9. The van der Waals surface area contributed by atoms with Gasteiger partial charge in [0.05, 0.1) is 23.3 Å². The molecule has 0 bridgehead atoms. The Kier molecular flexibility index (Phi) is 5.58. The fourth-order valence-electron chi connectivity index (χ4n) is 4.28. The average Bonchev–Trinajstić information content (AvgIpc) is 3.10. The smallest absolute Gasteiger partial charge is 0.253 e. The molecule has 0 radical (unpaired) electrons. The number of fused-ring (bicyclic) bond motifs is 1. The number of H-pyrrole nitrogens is 1. The number of amides is 1. The van der Waals surface area contributed by atoms with Crippen LogP contribution in [0, 0.1) is 13.8 Å². The molecule has 2 N–H and O–H groups in total. The van der Waals surface area contributed by atoms with Gasteiger partial charge < -0.3 is 10.3 Å². The predicted molar refractivity (Wildman–Crippen MR) is 117 cm³/mol. The third-order valence-corrected chi connectivity index (χ3v) is 6.22. The lowest BCUT2D eigenvalue weighted by Crippen LogP contribution is -2.28. The number of carbonyl (C=O) groups is 1. The van der Waals surface area contributed by atoms with Crippen molar-refractivity contribution in [2.24, 2.45) is 0 Å². The van der Waals surface area contributed by atoms with Crippen molar-refractivity contribution < 1.29 is 4.79 Å². The maximum atomic E-state index is 13.0. The van der Waals surface area contributed by atoms with Gasteiger partial charge >= 0.3 is 0 Å². The summed E-state index contributed by atoms with van der Waals surface area (Å²) in [5.41, 5.74) is 3.64. The van der Waals surface area contributed by atoms with Crippen LogP contribution in [0.15, 0.2) is 33.7 Å². The van der Waals surface area contributed by atoms with Crippen LogP contribution in [0.2, 0.25) is 0 Å². The molecule has 3 aromatic rings. The highest BCUT2D eigenvalue weighted by atomic mass is 79.9. The Bertz CT molecular complexity index is 1130. The summed E-state index contributed by atoms with van der Waals surface area (Å²) in [5.74, 6) is -0.209. The molecule has 2 aromatic heterocycles. The number of hydrogen-bond acceptors (Lipinski definition) is 3. The van der Waals surface area contributed by atoms with Crippen molar-refractivity contribution >= 4 is 32.7 Å². The monoisotopic (exact) mass is 456 g/mol. The Hall–Kier alpha value is -2.41. The molecule has 1 fully saturated rings. The van der Waals surface area contributed by atoms with Crippen molar-refractivity contribution in [3.8, 4) is 0 Å². The quantitative estimate of drug-likeness (QED) is 0.604. The van der Waals surface area contributed by atoms with E-state index < -0.39 is 0 Å². The Morgan fingerprint density at radius 1 is 1.24 bits per heavy atom. The second-order valence-corrected chi connectivity index (χ2v) is 8.81. The summed E-state index contributed by atoms with van der Waals surface area (Å²) < 4.78 is 2.92. The van der Waals surface area contributed by atoms with Crippen LogP contribution >= 0.6 is 15.9 Å². The second kappa shape index (κ2) is 8.14. The predicted octanol–water partition coefficient (Wildman–Crippen LogP) is 4.54. The number of benzene rings is 1. The summed E-state index contributed by atoms with van der Waals surface area (Å²) in [7, 11) is 0. The van der Waals surface area contributed by atoms with Gasteiger partial charge in [-0.05, 0) is 50.5 Å².